The molecule has 3 aromatic carbocycles. The fraction of sp³-hybridized carbons (Fsp3) is 0.222. The van der Waals surface area contributed by atoms with E-state index < -0.39 is 17.5 Å². The van der Waals surface area contributed by atoms with Crippen LogP contribution in [0.3, 0.4) is 0 Å². The average molecular weight is 636 g/mol. The average Bonchev–Trinajstić information content (AvgIpc) is 3.09. The minimum absolute atomic E-state index is 0.236. The Morgan fingerprint density at radius 2 is 1.17 bits per heavy atom. The number of amides is 3. The van der Waals surface area contributed by atoms with Gasteiger partial charge in [-0.05, 0) is 49.2 Å². The maximum Gasteiger partial charge on any atom is 0.305 e. The molecule has 0 fully saturated rings. The highest BCUT2D eigenvalue weighted by Gasteiger charge is 2.49. The predicted octanol–water partition coefficient (Wildman–Crippen LogP) is 6.68. The van der Waals surface area contributed by atoms with E-state index in [0.29, 0.717) is 36.0 Å². The quantitative estimate of drug-likeness (QED) is 0.0745. The molecule has 10 nitrogen and oxygen atoms in total. The van der Waals surface area contributed by atoms with Crippen molar-refractivity contribution in [1.29, 1.82) is 0 Å². The van der Waals surface area contributed by atoms with Crippen LogP contribution in [-0.4, -0.2) is 40.8 Å². The van der Waals surface area contributed by atoms with Crippen molar-refractivity contribution in [2.24, 2.45) is 0 Å². The highest BCUT2D eigenvalue weighted by atomic mass is 19.1. The summed E-state index contributed by atoms with van der Waals surface area (Å²) in [7, 11) is 1.35. The molecule has 0 bridgehead atoms. The zero-order chi connectivity index (χ0) is 33.2. The Labute approximate surface area is 270 Å². The van der Waals surface area contributed by atoms with E-state index in [2.05, 4.69) is 30.7 Å². The van der Waals surface area contributed by atoms with Gasteiger partial charge in [0.1, 0.15) is 0 Å². The lowest BCUT2D eigenvalue weighted by Crippen LogP contribution is -2.46. The number of nitrogens with one attached hydrogen (secondary N) is 3. The monoisotopic (exact) mass is 635 g/mol. The van der Waals surface area contributed by atoms with Gasteiger partial charge in [-0.2, -0.15) is 0 Å². The van der Waals surface area contributed by atoms with Gasteiger partial charge in [-0.25, -0.2) is 4.39 Å². The summed E-state index contributed by atoms with van der Waals surface area (Å²) < 4.78 is 21.9. The topological polar surface area (TPSA) is 139 Å². The van der Waals surface area contributed by atoms with Crippen molar-refractivity contribution in [3.63, 3.8) is 0 Å². The highest BCUT2D eigenvalue weighted by Crippen LogP contribution is 2.33. The molecule has 2 heterocycles. The molecule has 3 amide bonds. The van der Waals surface area contributed by atoms with Crippen molar-refractivity contribution in [3.8, 4) is 0 Å². The number of rotatable bonds is 13. The van der Waals surface area contributed by atoms with E-state index >= 15 is 4.39 Å². The van der Waals surface area contributed by atoms with Crippen LogP contribution in [0, 0.1) is 0 Å². The fourth-order valence-corrected chi connectivity index (χ4v) is 5.21. The maximum absolute atomic E-state index is 17.2. The normalized spacial score (nSPS) is 11.2. The van der Waals surface area contributed by atoms with Crippen LogP contribution < -0.4 is 16.0 Å². The number of methoxy groups -OCH3 is 1. The lowest BCUT2D eigenvalue weighted by Gasteiger charge is -2.25. The van der Waals surface area contributed by atoms with Crippen molar-refractivity contribution in [2.45, 2.75) is 44.2 Å². The Kier molecular flexibility index (Phi) is 10.5. The maximum atomic E-state index is 17.2. The molecule has 0 aliphatic rings. The van der Waals surface area contributed by atoms with Crippen molar-refractivity contribution >= 4 is 62.6 Å². The molecule has 3 N–H and O–H groups in total. The van der Waals surface area contributed by atoms with Crippen LogP contribution >= 0.6 is 0 Å². The summed E-state index contributed by atoms with van der Waals surface area (Å²) in [6.07, 6.45) is 6.61. The molecular formula is C36H34FN5O5. The van der Waals surface area contributed by atoms with Crippen molar-refractivity contribution in [2.75, 3.05) is 23.1 Å². The van der Waals surface area contributed by atoms with E-state index in [4.69, 9.17) is 0 Å². The molecular weight excluding hydrogens is 601 g/mol. The van der Waals surface area contributed by atoms with Gasteiger partial charge in [-0.3, -0.25) is 29.1 Å². The number of para-hydroxylation sites is 2. The second-order valence-corrected chi connectivity index (χ2v) is 10.9. The van der Waals surface area contributed by atoms with E-state index in [-0.39, 0.29) is 35.2 Å². The number of hydrogen-bond acceptors (Lipinski definition) is 7. The lowest BCUT2D eigenvalue weighted by atomic mass is 9.92. The summed E-state index contributed by atoms with van der Waals surface area (Å²) in [5.74, 6) is -2.93. The van der Waals surface area contributed by atoms with Crippen LogP contribution in [0.15, 0.2) is 97.3 Å². The number of fused-ring (bicyclic) bond motifs is 2. The van der Waals surface area contributed by atoms with Gasteiger partial charge in [0.05, 0.1) is 29.5 Å². The van der Waals surface area contributed by atoms with Gasteiger partial charge >= 0.3 is 5.97 Å². The summed E-state index contributed by atoms with van der Waals surface area (Å²) in [6, 6.07) is 22.7. The molecule has 5 aromatic rings. The van der Waals surface area contributed by atoms with Crippen LogP contribution in [0.25, 0.3) is 21.8 Å². The number of alkyl halides is 1. The Hall–Kier alpha value is -5.71. The molecule has 5 rings (SSSR count). The van der Waals surface area contributed by atoms with Crippen molar-refractivity contribution < 1.29 is 28.3 Å². The molecule has 0 atom stereocenters. The van der Waals surface area contributed by atoms with Gasteiger partial charge in [-0.15, -0.1) is 0 Å². The zero-order valence-corrected chi connectivity index (χ0v) is 25.8. The predicted molar refractivity (Wildman–Crippen MR) is 178 cm³/mol. The molecule has 0 spiro atoms. The minimum atomic E-state index is -3.19. The number of esters is 1. The van der Waals surface area contributed by atoms with Crippen LogP contribution in [0.4, 0.5) is 21.5 Å². The number of unbranched alkanes of at least 4 members (excludes halogenated alkanes) is 3. The third-order valence-electron chi connectivity index (χ3n) is 7.72. The highest BCUT2D eigenvalue weighted by molar-refractivity contribution is 6.20. The standard InChI is InChI=1S/C36H34FN5O5/c1-47-31(44)17-5-3-2-4-16-30(43)40-27-20-18-26(19-21-27)36(37,34(45)41-28-14-6-10-24-12-8-22-38-32(24)28)35(46)42-29-15-7-11-25-13-9-23-39-33(25)29/h6-15,18-23H,2-5,16-17H2,1H3,(H,40,43)(H,41,45)(H,42,46). The SMILES string of the molecule is COC(=O)CCCCCCC(=O)Nc1ccc(C(F)(C(=O)Nc2cccc3cccnc23)C(=O)Nc2cccc3cccnc23)cc1. The molecule has 240 valence electrons. The van der Waals surface area contributed by atoms with Gasteiger partial charge in [0.15, 0.2) is 0 Å². The number of carbonyl (C=O) groups is 4. The second kappa shape index (κ2) is 15.0. The lowest BCUT2D eigenvalue weighted by molar-refractivity contribution is -0.141. The van der Waals surface area contributed by atoms with Crippen LogP contribution in [-0.2, 0) is 29.6 Å². The first-order chi connectivity index (χ1) is 22.8. The molecule has 0 aliphatic carbocycles. The molecule has 0 aliphatic heterocycles. The molecule has 0 radical (unpaired) electrons. The van der Waals surface area contributed by atoms with Gasteiger partial charge in [0.2, 0.25) is 5.91 Å². The summed E-state index contributed by atoms with van der Waals surface area (Å²) in [5.41, 5.74) is -1.70. The largest absolute Gasteiger partial charge is 0.469 e. The summed E-state index contributed by atoms with van der Waals surface area (Å²) in [6.45, 7) is 0. The van der Waals surface area contributed by atoms with E-state index in [1.807, 2.05) is 0 Å². The summed E-state index contributed by atoms with van der Waals surface area (Å²) in [5, 5.41) is 9.36. The second-order valence-electron chi connectivity index (χ2n) is 10.9. The smallest absolute Gasteiger partial charge is 0.305 e. The van der Waals surface area contributed by atoms with Gasteiger partial charge in [0, 0.05) is 47.3 Å². The fourth-order valence-electron chi connectivity index (χ4n) is 5.21. The zero-order valence-electron chi connectivity index (χ0n) is 25.8. The number of pyridine rings is 2. The number of nitrogens with zero attached hydrogens (tertiary/aromatic N) is 2. The van der Waals surface area contributed by atoms with Crippen LogP contribution in [0.2, 0.25) is 0 Å². The molecule has 11 heteroatoms. The number of hydrogen-bond donors (Lipinski definition) is 3. The third kappa shape index (κ3) is 7.75. The Morgan fingerprint density at radius 1 is 0.660 bits per heavy atom. The van der Waals surface area contributed by atoms with E-state index in [0.717, 1.165) is 23.6 Å². The number of benzene rings is 3. The first-order valence-corrected chi connectivity index (χ1v) is 15.3. The third-order valence-corrected chi connectivity index (χ3v) is 7.72. The Bertz CT molecular complexity index is 1810. The van der Waals surface area contributed by atoms with Gasteiger partial charge < -0.3 is 20.7 Å². The number of aromatic nitrogens is 2. The minimum Gasteiger partial charge on any atom is -0.469 e. The molecule has 2 aromatic heterocycles. The van der Waals surface area contributed by atoms with Gasteiger partial charge in [-0.1, -0.05) is 61.4 Å². The van der Waals surface area contributed by atoms with E-state index in [9.17, 15) is 19.2 Å². The summed E-state index contributed by atoms with van der Waals surface area (Å²) in [4.78, 5) is 60.0. The summed E-state index contributed by atoms with van der Waals surface area (Å²) >= 11 is 0. The van der Waals surface area contributed by atoms with Gasteiger partial charge in [0.25, 0.3) is 17.5 Å². The first kappa shape index (κ1) is 32.7. The van der Waals surface area contributed by atoms with E-state index in [1.165, 1.54) is 31.4 Å². The number of carbonyl (C=O) groups excluding carboxylic acids is 4. The number of ether oxygens (including phenoxy) is 1. The number of halogens is 1. The Morgan fingerprint density at radius 3 is 1.70 bits per heavy atom. The van der Waals surface area contributed by atoms with E-state index in [1.54, 1.807) is 73.1 Å². The van der Waals surface area contributed by atoms with Crippen molar-refractivity contribution in [1.82, 2.24) is 9.97 Å². The molecule has 0 unspecified atom stereocenters. The van der Waals surface area contributed by atoms with Crippen LogP contribution in [0.1, 0.15) is 44.1 Å². The van der Waals surface area contributed by atoms with Crippen molar-refractivity contribution in [3.05, 3.63) is 103 Å². The number of anilines is 3. The molecule has 0 saturated carbocycles. The molecule has 0 saturated heterocycles. The first-order valence-electron chi connectivity index (χ1n) is 15.3. The molecule has 47 heavy (non-hydrogen) atoms. The Balaban J connectivity index is 1.35. The van der Waals surface area contributed by atoms with Crippen LogP contribution in [0.5, 0.6) is 0 Å².